The Hall–Kier alpha value is 0.111. The van der Waals surface area contributed by atoms with Gasteiger partial charge in [0.25, 0.3) is 0 Å². The Labute approximate surface area is 150 Å². The third kappa shape index (κ3) is 6.31. The van der Waals surface area contributed by atoms with Crippen molar-refractivity contribution in [3.8, 4) is 5.75 Å². The Bertz CT molecular complexity index is 623. The number of hydrogen-bond acceptors (Lipinski definition) is 1. The van der Waals surface area contributed by atoms with E-state index in [1.807, 2.05) is 18.2 Å². The molecule has 0 bridgehead atoms. The summed E-state index contributed by atoms with van der Waals surface area (Å²) in [7, 11) is 8.51. The van der Waals surface area contributed by atoms with Gasteiger partial charge in [-0.1, -0.05) is 63.7 Å². The fourth-order valence-corrected chi connectivity index (χ4v) is 4.23. The van der Waals surface area contributed by atoms with Crippen LogP contribution in [0.3, 0.4) is 0 Å². The molecule has 1 N–H and O–H groups in total. The Morgan fingerprint density at radius 3 is 2.18 bits per heavy atom. The average molecular weight is 411 g/mol. The van der Waals surface area contributed by atoms with E-state index in [1.54, 1.807) is 18.2 Å². The van der Waals surface area contributed by atoms with Crippen LogP contribution in [0.2, 0.25) is 19.6 Å². The van der Waals surface area contributed by atoms with Crippen LogP contribution in [0.5, 0.6) is 5.75 Å². The van der Waals surface area contributed by atoms with Gasteiger partial charge in [-0.3, -0.25) is 0 Å². The predicted octanol–water partition coefficient (Wildman–Crippen LogP) is 4.08. The summed E-state index contributed by atoms with van der Waals surface area (Å²) in [6.07, 6.45) is 0. The number of phenolic OH excluding ortho intramolecular Hbond substituents is 1. The summed E-state index contributed by atoms with van der Waals surface area (Å²) in [6.45, 7) is 6.78. The average Bonchev–Trinajstić information content (AvgIpc) is 2.43. The van der Waals surface area contributed by atoms with Crippen molar-refractivity contribution in [3.63, 3.8) is 0 Å². The van der Waals surface area contributed by atoms with Gasteiger partial charge < -0.3 is 5.11 Å². The van der Waals surface area contributed by atoms with Crippen LogP contribution in [0, 0.1) is 5.82 Å². The summed E-state index contributed by atoms with van der Waals surface area (Å²) in [6, 6.07) is 12.5. The number of halogens is 3. The van der Waals surface area contributed by atoms with Gasteiger partial charge in [0.05, 0.1) is 8.07 Å². The third-order valence-electron chi connectivity index (χ3n) is 3.01. The topological polar surface area (TPSA) is 20.2 Å². The molecule has 0 aromatic heterocycles. The van der Waals surface area contributed by atoms with Crippen LogP contribution in [0.25, 0.3) is 0 Å². The predicted molar refractivity (Wildman–Crippen MR) is 96.8 cm³/mol. The second kappa shape index (κ2) is 9.42. The number of aromatic hydroxyl groups is 1. The van der Waals surface area contributed by atoms with E-state index < -0.39 is 25.1 Å². The summed E-state index contributed by atoms with van der Waals surface area (Å²) in [5.74, 6) is 0.0437. The molecule has 1 atom stereocenters. The van der Waals surface area contributed by atoms with Gasteiger partial charge in [-0.2, -0.15) is 0 Å². The van der Waals surface area contributed by atoms with Crippen molar-refractivity contribution in [2.75, 3.05) is 0 Å². The first-order chi connectivity index (χ1) is 10.3. The zero-order valence-electron chi connectivity index (χ0n) is 12.6. The van der Waals surface area contributed by atoms with E-state index >= 15 is 0 Å². The minimum absolute atomic E-state index is 0.147. The number of benzene rings is 2. The van der Waals surface area contributed by atoms with E-state index in [0.29, 0.717) is 5.30 Å². The molecule has 0 aliphatic carbocycles. The van der Waals surface area contributed by atoms with E-state index in [1.165, 1.54) is 11.3 Å². The number of phenols is 1. The SMILES string of the molecule is C[Si](C)(C)c1ccc(O)c(Pc2ccccc2F)c1.[Cl][Ti][Cl]. The molecular weight excluding hydrogens is 393 g/mol. The van der Waals surface area contributed by atoms with Gasteiger partial charge in [-0.05, 0) is 12.1 Å². The summed E-state index contributed by atoms with van der Waals surface area (Å²) in [5.41, 5.74) is 0. The van der Waals surface area contributed by atoms with Gasteiger partial charge in [-0.15, -0.1) is 0 Å². The molecule has 0 amide bonds. The molecule has 2 rings (SSSR count). The molecular formula is C15H18Cl2FOPSiTi. The molecule has 0 radical (unpaired) electrons. The Balaban J connectivity index is 0.000000745. The van der Waals surface area contributed by atoms with Crippen molar-refractivity contribution in [1.29, 1.82) is 0 Å². The first-order valence-electron chi connectivity index (χ1n) is 6.61. The van der Waals surface area contributed by atoms with Gasteiger partial charge in [-0.25, -0.2) is 4.39 Å². The molecule has 22 heavy (non-hydrogen) atoms. The monoisotopic (exact) mass is 410 g/mol. The molecule has 118 valence electrons. The maximum absolute atomic E-state index is 13.7. The second-order valence-corrected chi connectivity index (χ2v) is 14.6. The van der Waals surface area contributed by atoms with Crippen molar-refractivity contribution < 1.29 is 26.5 Å². The number of hydrogen-bond donors (Lipinski definition) is 1. The van der Waals surface area contributed by atoms with Crippen LogP contribution in [-0.4, -0.2) is 13.2 Å². The van der Waals surface area contributed by atoms with Crippen LogP contribution >= 0.6 is 27.2 Å². The van der Waals surface area contributed by atoms with E-state index in [2.05, 4.69) is 19.6 Å². The maximum atomic E-state index is 13.7. The first-order valence-corrected chi connectivity index (χ1v) is 15.4. The molecule has 0 aliphatic heterocycles. The van der Waals surface area contributed by atoms with Crippen LogP contribution in [0.1, 0.15) is 0 Å². The Kier molecular flexibility index (Phi) is 8.63. The van der Waals surface area contributed by atoms with Crippen LogP contribution in [0.4, 0.5) is 4.39 Å². The molecule has 2 aromatic carbocycles. The number of rotatable bonds is 3. The van der Waals surface area contributed by atoms with Crippen LogP contribution in [0.15, 0.2) is 42.5 Å². The Morgan fingerprint density at radius 1 is 1.05 bits per heavy atom. The van der Waals surface area contributed by atoms with Crippen molar-refractivity contribution in [1.82, 2.24) is 0 Å². The van der Waals surface area contributed by atoms with E-state index in [4.69, 9.17) is 18.6 Å². The van der Waals surface area contributed by atoms with Gasteiger partial charge in [0, 0.05) is 10.6 Å². The van der Waals surface area contributed by atoms with Crippen LogP contribution < -0.4 is 15.8 Å². The third-order valence-corrected chi connectivity index (χ3v) is 6.39. The molecule has 0 heterocycles. The molecule has 0 fully saturated rings. The molecule has 1 nitrogen and oxygen atoms in total. The van der Waals surface area contributed by atoms with Gasteiger partial charge in [0.15, 0.2) is 0 Å². The van der Waals surface area contributed by atoms with Gasteiger partial charge >= 0.3 is 35.6 Å². The normalized spacial score (nSPS) is 11.2. The van der Waals surface area contributed by atoms with Crippen molar-refractivity contribution in [3.05, 3.63) is 48.3 Å². The molecule has 0 aliphatic rings. The summed E-state index contributed by atoms with van der Waals surface area (Å²) < 4.78 is 13.7. The van der Waals surface area contributed by atoms with Crippen molar-refractivity contribution in [2.24, 2.45) is 0 Å². The van der Waals surface area contributed by atoms with Crippen molar-refractivity contribution >= 4 is 51.1 Å². The molecule has 0 saturated carbocycles. The summed E-state index contributed by atoms with van der Waals surface area (Å²) in [5, 5.41) is 12.7. The zero-order valence-corrected chi connectivity index (χ0v) is 17.7. The first kappa shape index (κ1) is 20.2. The summed E-state index contributed by atoms with van der Waals surface area (Å²) >= 11 is -0.556. The quantitative estimate of drug-likeness (QED) is 0.597. The standard InChI is InChI=1S/C15H18FOPSi.2ClH.Ti/c1-19(2,3)11-8-9-13(17)15(10-11)18-14-7-5-4-6-12(14)16;;;/h4-10,17-18H,1-3H3;2*1H;/q;;;+2/p-2. The van der Waals surface area contributed by atoms with E-state index in [9.17, 15) is 9.50 Å². The molecule has 0 saturated heterocycles. The van der Waals surface area contributed by atoms with Crippen molar-refractivity contribution in [2.45, 2.75) is 19.6 Å². The second-order valence-electron chi connectivity index (χ2n) is 5.66. The summed E-state index contributed by atoms with van der Waals surface area (Å²) in [4.78, 5) is 0. The molecule has 7 heteroatoms. The zero-order chi connectivity index (χ0) is 16.8. The van der Waals surface area contributed by atoms with Crippen LogP contribution in [-0.2, 0) is 17.0 Å². The molecule has 2 aromatic rings. The van der Waals surface area contributed by atoms with Gasteiger partial charge in [0.2, 0.25) is 0 Å². The fourth-order valence-electron chi connectivity index (χ4n) is 1.81. The van der Waals surface area contributed by atoms with E-state index in [0.717, 1.165) is 5.30 Å². The fraction of sp³-hybridized carbons (Fsp3) is 0.200. The Morgan fingerprint density at radius 2 is 1.64 bits per heavy atom. The van der Waals surface area contributed by atoms with E-state index in [-0.39, 0.29) is 20.1 Å². The molecule has 0 spiro atoms. The molecule has 1 unspecified atom stereocenters. The van der Waals surface area contributed by atoms with Gasteiger partial charge in [0.1, 0.15) is 11.6 Å². The minimum atomic E-state index is -1.42.